The average Bonchev–Trinajstić information content (AvgIpc) is 2.95. The van der Waals surface area contributed by atoms with Crippen LogP contribution in [0, 0.1) is 0 Å². The van der Waals surface area contributed by atoms with Gasteiger partial charge in [0.2, 0.25) is 0 Å². The molecular weight excluding hydrogens is 322 g/mol. The molecule has 0 unspecified atom stereocenters. The number of aliphatic hydroxyl groups excluding tert-OH is 1. The van der Waals surface area contributed by atoms with Crippen LogP contribution in [0.4, 0.5) is 0 Å². The molecule has 4 nitrogen and oxygen atoms in total. The molecule has 0 aliphatic rings. The first-order chi connectivity index (χ1) is 11.3. The molecule has 3 rings (SSSR count). The van der Waals surface area contributed by atoms with Gasteiger partial charge in [-0.15, -0.1) is 0 Å². The van der Waals surface area contributed by atoms with Crippen molar-refractivity contribution in [2.75, 3.05) is 0 Å². The van der Waals surface area contributed by atoms with E-state index in [0.717, 1.165) is 10.9 Å². The Labute approximate surface area is 142 Å². The highest BCUT2D eigenvalue weighted by atomic mass is 32.2. The molecular formula is C19H21NO3S. The second kappa shape index (κ2) is 6.07. The van der Waals surface area contributed by atoms with Gasteiger partial charge in [-0.2, -0.15) is 0 Å². The topological polar surface area (TPSA) is 59.3 Å². The van der Waals surface area contributed by atoms with Gasteiger partial charge >= 0.3 is 0 Å². The Hall–Kier alpha value is -2.11. The van der Waals surface area contributed by atoms with Crippen molar-refractivity contribution in [3.8, 4) is 0 Å². The van der Waals surface area contributed by atoms with Crippen LogP contribution in [-0.2, 0) is 10.0 Å². The van der Waals surface area contributed by atoms with Gasteiger partial charge in [-0.05, 0) is 36.6 Å². The fraction of sp³-hybridized carbons (Fsp3) is 0.263. The predicted octanol–water partition coefficient (Wildman–Crippen LogP) is 4.06. The number of nitrogens with zero attached hydrogens (tertiary/aromatic N) is 1. The van der Waals surface area contributed by atoms with E-state index in [0.29, 0.717) is 17.0 Å². The number of hydrogen-bond acceptors (Lipinski definition) is 3. The van der Waals surface area contributed by atoms with Crippen molar-refractivity contribution in [3.05, 3.63) is 65.9 Å². The molecule has 0 radical (unpaired) electrons. The van der Waals surface area contributed by atoms with Crippen LogP contribution in [0.15, 0.2) is 59.6 Å². The minimum absolute atomic E-state index is 0.241. The van der Waals surface area contributed by atoms with Crippen molar-refractivity contribution in [2.45, 2.75) is 37.7 Å². The smallest absolute Gasteiger partial charge is 0.268 e. The Bertz CT molecular complexity index is 968. The van der Waals surface area contributed by atoms with Crippen LogP contribution < -0.4 is 0 Å². The molecule has 126 valence electrons. The summed E-state index contributed by atoms with van der Waals surface area (Å²) in [5.41, 5.74) is 2.27. The maximum Gasteiger partial charge on any atom is 0.268 e. The van der Waals surface area contributed by atoms with E-state index in [-0.39, 0.29) is 4.90 Å². The lowest BCUT2D eigenvalue weighted by molar-refractivity contribution is 0.201. The maximum absolute atomic E-state index is 13.0. The number of rotatable bonds is 4. The Morgan fingerprint density at radius 3 is 2.17 bits per heavy atom. The molecule has 1 N–H and O–H groups in total. The Morgan fingerprint density at radius 1 is 0.958 bits per heavy atom. The minimum Gasteiger partial charge on any atom is -0.389 e. The van der Waals surface area contributed by atoms with Crippen LogP contribution in [0.3, 0.4) is 0 Å². The van der Waals surface area contributed by atoms with Gasteiger partial charge in [0.1, 0.15) is 0 Å². The molecule has 24 heavy (non-hydrogen) atoms. The van der Waals surface area contributed by atoms with Gasteiger partial charge in [-0.1, -0.05) is 44.2 Å². The molecule has 0 saturated carbocycles. The van der Waals surface area contributed by atoms with Crippen molar-refractivity contribution >= 4 is 20.9 Å². The van der Waals surface area contributed by atoms with E-state index in [1.165, 1.54) is 10.2 Å². The van der Waals surface area contributed by atoms with Crippen LogP contribution in [0.5, 0.6) is 0 Å². The number of benzene rings is 2. The summed E-state index contributed by atoms with van der Waals surface area (Å²) in [5.74, 6) is 0.344. The predicted molar refractivity (Wildman–Crippen MR) is 95.7 cm³/mol. The van der Waals surface area contributed by atoms with Crippen molar-refractivity contribution in [1.82, 2.24) is 3.97 Å². The summed E-state index contributed by atoms with van der Waals surface area (Å²) in [6.07, 6.45) is 0.774. The van der Waals surface area contributed by atoms with Crippen LogP contribution in [0.25, 0.3) is 10.9 Å². The van der Waals surface area contributed by atoms with Gasteiger partial charge < -0.3 is 5.11 Å². The SMILES string of the molecule is CC(C)c1ccc(S(=O)(=O)n2cc([C@H](C)O)c3ccccc32)cc1. The Balaban J connectivity index is 2.18. The fourth-order valence-corrected chi connectivity index (χ4v) is 4.22. The first-order valence-electron chi connectivity index (χ1n) is 7.96. The van der Waals surface area contributed by atoms with Gasteiger partial charge in [0, 0.05) is 17.1 Å². The summed E-state index contributed by atoms with van der Waals surface area (Å²) in [4.78, 5) is 0.241. The number of hydrogen-bond donors (Lipinski definition) is 1. The largest absolute Gasteiger partial charge is 0.389 e. The average molecular weight is 343 g/mol. The van der Waals surface area contributed by atoms with Crippen LogP contribution in [0.2, 0.25) is 0 Å². The molecule has 1 aromatic heterocycles. The summed E-state index contributed by atoms with van der Waals surface area (Å²) in [7, 11) is -3.72. The molecule has 1 heterocycles. The second-order valence-corrected chi connectivity index (χ2v) is 8.12. The molecule has 0 aliphatic heterocycles. The van der Waals surface area contributed by atoms with E-state index in [1.807, 2.05) is 24.3 Å². The van der Waals surface area contributed by atoms with Gasteiger partial charge in [-0.25, -0.2) is 12.4 Å². The molecule has 0 aliphatic carbocycles. The molecule has 0 amide bonds. The second-order valence-electron chi connectivity index (χ2n) is 6.30. The highest BCUT2D eigenvalue weighted by Crippen LogP contribution is 2.30. The quantitative estimate of drug-likeness (QED) is 0.777. The molecule has 0 saturated heterocycles. The maximum atomic E-state index is 13.0. The molecule has 5 heteroatoms. The van der Waals surface area contributed by atoms with Gasteiger partial charge in [0.05, 0.1) is 16.5 Å². The number of aliphatic hydroxyl groups is 1. The minimum atomic E-state index is -3.72. The highest BCUT2D eigenvalue weighted by molar-refractivity contribution is 7.90. The molecule has 1 atom stereocenters. The third-order valence-electron chi connectivity index (χ3n) is 4.26. The molecule has 0 fully saturated rings. The summed E-state index contributed by atoms with van der Waals surface area (Å²) in [5, 5.41) is 10.7. The van der Waals surface area contributed by atoms with Crippen LogP contribution in [0.1, 0.15) is 43.9 Å². The molecule has 0 spiro atoms. The van der Waals surface area contributed by atoms with E-state index >= 15 is 0 Å². The van der Waals surface area contributed by atoms with E-state index in [9.17, 15) is 13.5 Å². The van der Waals surface area contributed by atoms with Crippen molar-refractivity contribution in [2.24, 2.45) is 0 Å². The van der Waals surface area contributed by atoms with Gasteiger partial charge in [0.15, 0.2) is 0 Å². The molecule has 0 bridgehead atoms. The zero-order valence-electron chi connectivity index (χ0n) is 14.0. The summed E-state index contributed by atoms with van der Waals surface area (Å²) in [6, 6.07) is 14.2. The lowest BCUT2D eigenvalue weighted by atomic mass is 10.0. The zero-order valence-corrected chi connectivity index (χ0v) is 14.8. The van der Waals surface area contributed by atoms with Gasteiger partial charge in [-0.3, -0.25) is 0 Å². The third-order valence-corrected chi connectivity index (χ3v) is 5.95. The van der Waals surface area contributed by atoms with E-state index in [4.69, 9.17) is 0 Å². The molecule has 2 aromatic carbocycles. The van der Waals surface area contributed by atoms with E-state index < -0.39 is 16.1 Å². The van der Waals surface area contributed by atoms with Crippen molar-refractivity contribution in [1.29, 1.82) is 0 Å². The summed E-state index contributed by atoms with van der Waals surface area (Å²) >= 11 is 0. The lowest BCUT2D eigenvalue weighted by Gasteiger charge is -2.10. The number of para-hydroxylation sites is 1. The van der Waals surface area contributed by atoms with Crippen LogP contribution >= 0.6 is 0 Å². The zero-order chi connectivity index (χ0) is 17.5. The Kier molecular flexibility index (Phi) is 4.24. The monoisotopic (exact) mass is 343 g/mol. The van der Waals surface area contributed by atoms with Crippen LogP contribution in [-0.4, -0.2) is 17.5 Å². The first-order valence-corrected chi connectivity index (χ1v) is 9.40. The van der Waals surface area contributed by atoms with Crippen molar-refractivity contribution < 1.29 is 13.5 Å². The van der Waals surface area contributed by atoms with Gasteiger partial charge in [0.25, 0.3) is 10.0 Å². The fourth-order valence-electron chi connectivity index (χ4n) is 2.85. The molecule has 3 aromatic rings. The van der Waals surface area contributed by atoms with E-state index in [1.54, 1.807) is 31.2 Å². The van der Waals surface area contributed by atoms with Crippen molar-refractivity contribution in [3.63, 3.8) is 0 Å². The number of fused-ring (bicyclic) bond motifs is 1. The Morgan fingerprint density at radius 2 is 1.58 bits per heavy atom. The normalized spacial score (nSPS) is 13.5. The highest BCUT2D eigenvalue weighted by Gasteiger charge is 2.22. The summed E-state index contributed by atoms with van der Waals surface area (Å²) in [6.45, 7) is 5.77. The standard InChI is InChI=1S/C19H21NO3S/c1-13(2)15-8-10-16(11-9-15)24(22,23)20-12-18(14(3)21)17-6-4-5-7-19(17)20/h4-14,21H,1-3H3/t14-/m0/s1. The number of aromatic nitrogens is 1. The first kappa shape index (κ1) is 16.7. The lowest BCUT2D eigenvalue weighted by Crippen LogP contribution is -2.12. The summed E-state index contributed by atoms with van der Waals surface area (Å²) < 4.78 is 27.4. The van der Waals surface area contributed by atoms with E-state index in [2.05, 4.69) is 13.8 Å². The third kappa shape index (κ3) is 2.74.